The van der Waals surface area contributed by atoms with E-state index < -0.39 is 10.0 Å². The summed E-state index contributed by atoms with van der Waals surface area (Å²) in [6.07, 6.45) is 3.00. The number of aliphatic hydroxyl groups is 1. The molecule has 0 radical (unpaired) electrons. The average Bonchev–Trinajstić information content (AvgIpc) is 2.43. The molecule has 0 unspecified atom stereocenters. The quantitative estimate of drug-likeness (QED) is 0.639. The van der Waals surface area contributed by atoms with E-state index in [9.17, 15) is 18.3 Å². The first-order valence-electron chi connectivity index (χ1n) is 7.79. The lowest BCUT2D eigenvalue weighted by Gasteiger charge is -2.38. The van der Waals surface area contributed by atoms with Crippen molar-refractivity contribution < 1.29 is 18.3 Å². The molecule has 1 aliphatic rings. The molecule has 6 nitrogen and oxygen atoms in total. The van der Waals surface area contributed by atoms with Crippen LogP contribution in [0.2, 0.25) is 0 Å². The Labute approximate surface area is 137 Å². The van der Waals surface area contributed by atoms with Gasteiger partial charge in [0, 0.05) is 19.0 Å². The van der Waals surface area contributed by atoms with Gasteiger partial charge in [0.2, 0.25) is 15.9 Å². The summed E-state index contributed by atoms with van der Waals surface area (Å²) in [5.41, 5.74) is 1.13. The summed E-state index contributed by atoms with van der Waals surface area (Å²) in [4.78, 5) is 12.0. The van der Waals surface area contributed by atoms with E-state index in [1.54, 1.807) is 0 Å². The second-order valence-corrected chi connectivity index (χ2v) is 8.00. The van der Waals surface area contributed by atoms with Crippen LogP contribution in [-0.4, -0.2) is 44.4 Å². The van der Waals surface area contributed by atoms with Gasteiger partial charge in [-0.25, -0.2) is 13.1 Å². The number of rotatable bonds is 8. The predicted molar refractivity (Wildman–Crippen MR) is 88.3 cm³/mol. The molecule has 1 amide bonds. The van der Waals surface area contributed by atoms with Crippen molar-refractivity contribution >= 4 is 15.9 Å². The highest BCUT2D eigenvalue weighted by molar-refractivity contribution is 7.88. The molecule has 0 aliphatic heterocycles. The molecule has 128 valence electrons. The molecular formula is C16H24N2O4S. The number of hydrogen-bond acceptors (Lipinski definition) is 4. The largest absolute Gasteiger partial charge is 0.393 e. The maximum absolute atomic E-state index is 12.0. The highest BCUT2D eigenvalue weighted by atomic mass is 32.2. The Morgan fingerprint density at radius 2 is 1.96 bits per heavy atom. The number of carbonyl (C=O) groups is 1. The van der Waals surface area contributed by atoms with Crippen LogP contribution < -0.4 is 10.0 Å². The normalized spacial score (nSPS) is 22.2. The van der Waals surface area contributed by atoms with Gasteiger partial charge >= 0.3 is 0 Å². The summed E-state index contributed by atoms with van der Waals surface area (Å²) in [6, 6.07) is 9.85. The van der Waals surface area contributed by atoms with E-state index >= 15 is 0 Å². The molecule has 0 aromatic heterocycles. The van der Waals surface area contributed by atoms with Crippen LogP contribution in [0.25, 0.3) is 0 Å². The third kappa shape index (κ3) is 6.29. The van der Waals surface area contributed by atoms with Gasteiger partial charge in [-0.3, -0.25) is 4.79 Å². The first kappa shape index (κ1) is 17.9. The number of carbonyl (C=O) groups excluding carboxylic acids is 1. The van der Waals surface area contributed by atoms with E-state index in [1.165, 1.54) is 0 Å². The molecule has 1 aromatic carbocycles. The van der Waals surface area contributed by atoms with Crippen LogP contribution in [0.4, 0.5) is 0 Å². The fourth-order valence-electron chi connectivity index (χ4n) is 2.79. The Morgan fingerprint density at radius 1 is 1.30 bits per heavy atom. The summed E-state index contributed by atoms with van der Waals surface area (Å²) in [6.45, 7) is 0.0933. The topological polar surface area (TPSA) is 95.5 Å². The average molecular weight is 340 g/mol. The maximum atomic E-state index is 12.0. The number of benzene rings is 1. The predicted octanol–water partition coefficient (Wildman–Crippen LogP) is 0.424. The van der Waals surface area contributed by atoms with Gasteiger partial charge in [0.15, 0.2) is 0 Å². The van der Waals surface area contributed by atoms with Crippen molar-refractivity contribution in [2.75, 3.05) is 12.8 Å². The van der Waals surface area contributed by atoms with Crippen molar-refractivity contribution in [2.24, 2.45) is 5.92 Å². The fourth-order valence-corrected chi connectivity index (χ4v) is 3.26. The molecule has 0 heterocycles. The van der Waals surface area contributed by atoms with Crippen molar-refractivity contribution in [2.45, 2.75) is 37.8 Å². The maximum Gasteiger partial charge on any atom is 0.221 e. The zero-order valence-electron chi connectivity index (χ0n) is 13.2. The fraction of sp³-hybridized carbons (Fsp3) is 0.562. The van der Waals surface area contributed by atoms with Crippen LogP contribution in [0.1, 0.15) is 24.8 Å². The number of sulfonamides is 1. The highest BCUT2D eigenvalue weighted by Crippen LogP contribution is 2.31. The van der Waals surface area contributed by atoms with Gasteiger partial charge in [-0.05, 0) is 30.7 Å². The molecule has 3 N–H and O–H groups in total. The van der Waals surface area contributed by atoms with Crippen molar-refractivity contribution in [1.29, 1.82) is 0 Å². The van der Waals surface area contributed by atoms with Crippen LogP contribution in [0, 0.1) is 5.92 Å². The van der Waals surface area contributed by atoms with Crippen LogP contribution in [-0.2, 0) is 21.2 Å². The van der Waals surface area contributed by atoms with E-state index in [4.69, 9.17) is 0 Å². The Hall–Kier alpha value is -1.44. The Balaban J connectivity index is 1.88. The van der Waals surface area contributed by atoms with Crippen molar-refractivity contribution in [3.8, 4) is 0 Å². The molecule has 23 heavy (non-hydrogen) atoms. The van der Waals surface area contributed by atoms with Gasteiger partial charge in [0.05, 0.1) is 12.4 Å². The molecule has 1 aliphatic carbocycles. The van der Waals surface area contributed by atoms with E-state index in [0.29, 0.717) is 19.3 Å². The minimum Gasteiger partial charge on any atom is -0.393 e. The summed E-state index contributed by atoms with van der Waals surface area (Å²) in [5, 5.41) is 12.5. The molecular weight excluding hydrogens is 316 g/mol. The van der Waals surface area contributed by atoms with E-state index in [-0.39, 0.29) is 36.9 Å². The molecule has 1 fully saturated rings. The van der Waals surface area contributed by atoms with E-state index in [2.05, 4.69) is 10.0 Å². The van der Waals surface area contributed by atoms with Crippen molar-refractivity contribution in [3.63, 3.8) is 0 Å². The molecule has 0 saturated heterocycles. The van der Waals surface area contributed by atoms with Gasteiger partial charge in [-0.1, -0.05) is 30.3 Å². The lowest BCUT2D eigenvalue weighted by molar-refractivity contribution is -0.122. The third-order valence-electron chi connectivity index (χ3n) is 4.08. The molecule has 1 aromatic rings. The second kappa shape index (κ2) is 7.90. The molecule has 1 saturated carbocycles. The Kier molecular flexibility index (Phi) is 6.15. The summed E-state index contributed by atoms with van der Waals surface area (Å²) in [7, 11) is -3.28. The Morgan fingerprint density at radius 3 is 2.52 bits per heavy atom. The summed E-state index contributed by atoms with van der Waals surface area (Å²) < 4.78 is 24.3. The molecule has 0 bridgehead atoms. The molecule has 1 atom stereocenters. The lowest BCUT2D eigenvalue weighted by Crippen LogP contribution is -2.48. The van der Waals surface area contributed by atoms with Crippen LogP contribution in [0.15, 0.2) is 30.3 Å². The zero-order valence-corrected chi connectivity index (χ0v) is 14.1. The second-order valence-electron chi connectivity index (χ2n) is 6.17. The van der Waals surface area contributed by atoms with Crippen LogP contribution in [0.3, 0.4) is 0 Å². The smallest absolute Gasteiger partial charge is 0.221 e. The number of aliphatic hydroxyl groups excluding tert-OH is 1. The van der Waals surface area contributed by atoms with E-state index in [0.717, 1.165) is 11.8 Å². The summed E-state index contributed by atoms with van der Waals surface area (Å²) in [5.74, 6) is 0.0838. The van der Waals surface area contributed by atoms with Gasteiger partial charge < -0.3 is 10.4 Å². The number of nitrogens with one attached hydrogen (secondary N) is 2. The SMILES string of the molecule is CS(=O)(=O)NCCC(=O)N[C@@H](Cc1ccccc1)C1CC(O)C1. The Bertz CT molecular complexity index is 612. The molecule has 0 spiro atoms. The first-order chi connectivity index (χ1) is 10.8. The highest BCUT2D eigenvalue weighted by Gasteiger charge is 2.34. The standard InChI is InChI=1S/C16H24N2O4S/c1-23(21,22)17-8-7-16(20)18-15(13-10-14(19)11-13)9-12-5-3-2-4-6-12/h2-6,13-15,17,19H,7-11H2,1H3,(H,18,20)/t13?,14?,15-/m0/s1. The van der Waals surface area contributed by atoms with Crippen molar-refractivity contribution in [1.82, 2.24) is 10.0 Å². The molecule has 2 rings (SSSR count). The van der Waals surface area contributed by atoms with Crippen molar-refractivity contribution in [3.05, 3.63) is 35.9 Å². The minimum atomic E-state index is -3.28. The van der Waals surface area contributed by atoms with Gasteiger partial charge in [-0.2, -0.15) is 0 Å². The number of hydrogen-bond donors (Lipinski definition) is 3. The van der Waals surface area contributed by atoms with Crippen LogP contribution >= 0.6 is 0 Å². The van der Waals surface area contributed by atoms with Gasteiger partial charge in [0.25, 0.3) is 0 Å². The van der Waals surface area contributed by atoms with Gasteiger partial charge in [-0.15, -0.1) is 0 Å². The van der Waals surface area contributed by atoms with E-state index in [1.807, 2.05) is 30.3 Å². The van der Waals surface area contributed by atoms with Crippen LogP contribution in [0.5, 0.6) is 0 Å². The molecule has 7 heteroatoms. The first-order valence-corrected chi connectivity index (χ1v) is 9.68. The number of amides is 1. The lowest BCUT2D eigenvalue weighted by atomic mass is 9.75. The monoisotopic (exact) mass is 340 g/mol. The third-order valence-corrected chi connectivity index (χ3v) is 4.81. The zero-order chi connectivity index (χ0) is 16.9. The van der Waals surface area contributed by atoms with Gasteiger partial charge in [0.1, 0.15) is 0 Å². The summed E-state index contributed by atoms with van der Waals surface area (Å²) >= 11 is 0. The minimum absolute atomic E-state index is 0.0356.